The molecule has 0 saturated carbocycles. The van der Waals surface area contributed by atoms with Gasteiger partial charge in [0.15, 0.2) is 4.87 Å². The number of hydrogen-bond acceptors (Lipinski definition) is 5. The molecule has 0 aromatic heterocycles. The van der Waals surface area contributed by atoms with Crippen molar-refractivity contribution in [2.45, 2.75) is 11.4 Å². The number of thioether (sulfide) groups is 1. The van der Waals surface area contributed by atoms with Gasteiger partial charge in [-0.3, -0.25) is 9.59 Å². The highest BCUT2D eigenvalue weighted by molar-refractivity contribution is 8.01. The molecule has 174 valence electrons. The van der Waals surface area contributed by atoms with Crippen molar-refractivity contribution in [2.75, 3.05) is 31.4 Å². The van der Waals surface area contributed by atoms with Crippen LogP contribution in [0, 0.1) is 0 Å². The molecular formula is C26H23ClN2O4S. The summed E-state index contributed by atoms with van der Waals surface area (Å²) < 4.78 is 10.7. The first-order chi connectivity index (χ1) is 16.5. The van der Waals surface area contributed by atoms with E-state index in [1.807, 2.05) is 42.5 Å². The summed E-state index contributed by atoms with van der Waals surface area (Å²) in [5, 5.41) is 0.594. The van der Waals surface area contributed by atoms with E-state index >= 15 is 0 Å². The van der Waals surface area contributed by atoms with Crippen molar-refractivity contribution in [2.24, 2.45) is 0 Å². The summed E-state index contributed by atoms with van der Waals surface area (Å²) in [6.45, 7) is 0.766. The first-order valence-electron chi connectivity index (χ1n) is 10.8. The maximum atomic E-state index is 14.2. The zero-order valence-electron chi connectivity index (χ0n) is 18.8. The lowest BCUT2D eigenvalue weighted by atomic mass is 10.0. The fourth-order valence-corrected chi connectivity index (χ4v) is 6.21. The molecule has 2 aliphatic rings. The van der Waals surface area contributed by atoms with Gasteiger partial charge in [0.1, 0.15) is 11.5 Å². The van der Waals surface area contributed by atoms with Gasteiger partial charge in [0.2, 0.25) is 0 Å². The number of ether oxygens (including phenoxy) is 2. The molecule has 0 radical (unpaired) electrons. The van der Waals surface area contributed by atoms with Crippen LogP contribution in [-0.2, 0) is 16.2 Å². The molecule has 0 N–H and O–H groups in total. The molecule has 3 aromatic carbocycles. The number of fused-ring (bicyclic) bond motifs is 2. The number of anilines is 1. The maximum Gasteiger partial charge on any atom is 0.268 e. The fraction of sp³-hybridized carbons (Fsp3) is 0.231. The van der Waals surface area contributed by atoms with Crippen LogP contribution in [0.2, 0.25) is 5.02 Å². The molecule has 1 saturated heterocycles. The first kappa shape index (κ1) is 22.6. The van der Waals surface area contributed by atoms with Gasteiger partial charge in [0, 0.05) is 28.4 Å². The van der Waals surface area contributed by atoms with Crippen molar-refractivity contribution >= 4 is 40.9 Å². The Bertz CT molecular complexity index is 1270. The van der Waals surface area contributed by atoms with E-state index in [4.69, 9.17) is 21.1 Å². The average Bonchev–Trinajstić information content (AvgIpc) is 3.41. The van der Waals surface area contributed by atoms with E-state index in [2.05, 4.69) is 0 Å². The van der Waals surface area contributed by atoms with Crippen molar-refractivity contribution in [1.29, 1.82) is 0 Å². The molecule has 0 bridgehead atoms. The second-order valence-corrected chi connectivity index (χ2v) is 9.74. The molecule has 8 heteroatoms. The molecule has 6 nitrogen and oxygen atoms in total. The molecule has 2 aliphatic heterocycles. The van der Waals surface area contributed by atoms with Crippen LogP contribution in [-0.4, -0.2) is 43.2 Å². The summed E-state index contributed by atoms with van der Waals surface area (Å²) in [7, 11) is 3.17. The van der Waals surface area contributed by atoms with Crippen molar-refractivity contribution in [3.8, 4) is 11.5 Å². The third-order valence-electron chi connectivity index (χ3n) is 6.27. The van der Waals surface area contributed by atoms with E-state index in [1.165, 1.54) is 11.8 Å². The lowest BCUT2D eigenvalue weighted by Crippen LogP contribution is -2.50. The number of amides is 2. The van der Waals surface area contributed by atoms with Crippen LogP contribution < -0.4 is 14.4 Å². The molecule has 1 fully saturated rings. The van der Waals surface area contributed by atoms with Crippen LogP contribution in [0.25, 0.3) is 0 Å². The number of hydrogen-bond donors (Lipinski definition) is 0. The van der Waals surface area contributed by atoms with E-state index < -0.39 is 4.87 Å². The Morgan fingerprint density at radius 2 is 1.74 bits per heavy atom. The molecule has 3 aromatic rings. The minimum absolute atomic E-state index is 0.153. The van der Waals surface area contributed by atoms with Crippen LogP contribution in [0.5, 0.6) is 11.5 Å². The van der Waals surface area contributed by atoms with Crippen molar-refractivity contribution in [3.05, 3.63) is 88.4 Å². The van der Waals surface area contributed by atoms with Crippen LogP contribution in [0.4, 0.5) is 5.69 Å². The highest BCUT2D eigenvalue weighted by atomic mass is 35.5. The highest BCUT2D eigenvalue weighted by Gasteiger charge is 2.59. The van der Waals surface area contributed by atoms with E-state index in [0.29, 0.717) is 40.9 Å². The van der Waals surface area contributed by atoms with Gasteiger partial charge in [0.05, 0.1) is 26.5 Å². The maximum absolute atomic E-state index is 14.2. The minimum Gasteiger partial charge on any atom is -0.497 e. The van der Waals surface area contributed by atoms with Gasteiger partial charge >= 0.3 is 0 Å². The topological polar surface area (TPSA) is 59.1 Å². The molecule has 2 amide bonds. The molecule has 1 atom stereocenters. The van der Waals surface area contributed by atoms with Crippen LogP contribution in [0.1, 0.15) is 21.5 Å². The average molecular weight is 495 g/mol. The minimum atomic E-state index is -1.16. The van der Waals surface area contributed by atoms with Gasteiger partial charge in [-0.25, -0.2) is 0 Å². The monoisotopic (exact) mass is 494 g/mol. The number of carbonyl (C=O) groups is 2. The number of carbonyl (C=O) groups excluding carboxylic acids is 2. The summed E-state index contributed by atoms with van der Waals surface area (Å²) >= 11 is 7.90. The predicted molar refractivity (Wildman–Crippen MR) is 134 cm³/mol. The van der Waals surface area contributed by atoms with Gasteiger partial charge in [-0.2, -0.15) is 0 Å². The van der Waals surface area contributed by atoms with E-state index in [0.717, 1.165) is 16.8 Å². The Kier molecular flexibility index (Phi) is 5.91. The van der Waals surface area contributed by atoms with Gasteiger partial charge in [-0.1, -0.05) is 29.8 Å². The third-order valence-corrected chi connectivity index (χ3v) is 8.06. The predicted octanol–water partition coefficient (Wildman–Crippen LogP) is 4.95. The van der Waals surface area contributed by atoms with Gasteiger partial charge in [0.25, 0.3) is 11.8 Å². The second-order valence-electron chi connectivity index (χ2n) is 8.04. The molecule has 0 aliphatic carbocycles. The van der Waals surface area contributed by atoms with Gasteiger partial charge in [-0.05, 0) is 54.1 Å². The molecule has 1 spiro atoms. The smallest absolute Gasteiger partial charge is 0.268 e. The quantitative estimate of drug-likeness (QED) is 0.502. The molecule has 5 rings (SSSR count). The van der Waals surface area contributed by atoms with Crippen LogP contribution in [0.15, 0.2) is 66.7 Å². The van der Waals surface area contributed by atoms with Crippen LogP contribution >= 0.6 is 23.4 Å². The number of methoxy groups -OCH3 is 2. The van der Waals surface area contributed by atoms with E-state index in [-0.39, 0.29) is 11.8 Å². The Balaban J connectivity index is 1.60. The Morgan fingerprint density at radius 3 is 2.44 bits per heavy atom. The zero-order valence-corrected chi connectivity index (χ0v) is 20.4. The molecule has 0 unspecified atom stereocenters. The van der Waals surface area contributed by atoms with E-state index in [9.17, 15) is 9.59 Å². The fourth-order valence-electron chi connectivity index (χ4n) is 4.56. The summed E-state index contributed by atoms with van der Waals surface area (Å²) in [6, 6.07) is 20.0. The number of benzene rings is 3. The van der Waals surface area contributed by atoms with Gasteiger partial charge < -0.3 is 19.3 Å². The third kappa shape index (κ3) is 3.51. The second kappa shape index (κ2) is 8.89. The van der Waals surface area contributed by atoms with Crippen molar-refractivity contribution in [3.63, 3.8) is 0 Å². The number of nitrogens with zero attached hydrogens (tertiary/aromatic N) is 2. The van der Waals surface area contributed by atoms with Crippen molar-refractivity contribution in [1.82, 2.24) is 4.90 Å². The number of halogens is 1. The molecule has 34 heavy (non-hydrogen) atoms. The lowest BCUT2D eigenvalue weighted by Gasteiger charge is -2.33. The summed E-state index contributed by atoms with van der Waals surface area (Å²) in [5.74, 6) is 1.59. The summed E-state index contributed by atoms with van der Waals surface area (Å²) in [5.41, 5.74) is 2.86. The Morgan fingerprint density at radius 1 is 1.03 bits per heavy atom. The Hall–Kier alpha value is -3.16. The lowest BCUT2D eigenvalue weighted by molar-refractivity contribution is -0.123. The Labute approximate surface area is 207 Å². The highest BCUT2D eigenvalue weighted by Crippen LogP contribution is 2.55. The molecule has 2 heterocycles. The largest absolute Gasteiger partial charge is 0.497 e. The summed E-state index contributed by atoms with van der Waals surface area (Å²) in [6.07, 6.45) is 0. The van der Waals surface area contributed by atoms with Crippen molar-refractivity contribution < 1.29 is 19.1 Å². The standard InChI is InChI=1S/C26H23ClN2O4S/c1-32-19-9-7-17(8-10-19)24(30)29-13-14-34-26(29)21-15-20(33-2)11-12-23(21)28(25(26)31)16-18-5-3-4-6-22(18)27/h3-12,15H,13-14,16H2,1-2H3/t26-/m1/s1. The van der Waals surface area contributed by atoms with Gasteiger partial charge in [-0.15, -0.1) is 11.8 Å². The van der Waals surface area contributed by atoms with E-state index in [1.54, 1.807) is 48.3 Å². The SMILES string of the molecule is COc1ccc(C(=O)N2CCS[C@]23C(=O)N(Cc2ccccc2Cl)c2ccc(OC)cc23)cc1. The molecular weight excluding hydrogens is 472 g/mol. The number of rotatable bonds is 5. The summed E-state index contributed by atoms with van der Waals surface area (Å²) in [4.78, 5) is 30.1. The normalized spacial score (nSPS) is 19.0. The van der Waals surface area contributed by atoms with Crippen LogP contribution in [0.3, 0.4) is 0 Å². The first-order valence-corrected chi connectivity index (χ1v) is 12.2. The zero-order chi connectivity index (χ0) is 23.9.